The largest absolute Gasteiger partial charge is 0.478 e. The molecule has 1 fully saturated rings. The molecule has 1 saturated heterocycles. The zero-order valence-electron chi connectivity index (χ0n) is 4.24. The maximum Gasteiger partial charge on any atom is 0.359 e. The quantitative estimate of drug-likeness (QED) is 0.220. The van der Waals surface area contributed by atoms with Crippen molar-refractivity contribution in [1.82, 2.24) is 5.48 Å². The second-order valence-corrected chi connectivity index (χ2v) is 2.11. The molecule has 9 heavy (non-hydrogen) atoms. The van der Waals surface area contributed by atoms with Gasteiger partial charge >= 0.3 is 5.97 Å². The Balaban J connectivity index is 2.63. The molecule has 0 amide bonds. The van der Waals surface area contributed by atoms with Crippen LogP contribution in [0.25, 0.3) is 0 Å². The van der Waals surface area contributed by atoms with Crippen LogP contribution in [-0.2, 0) is 9.63 Å². The van der Waals surface area contributed by atoms with Crippen LogP contribution in [0.15, 0.2) is 0 Å². The number of aliphatic hydroxyl groups excluding tert-OH is 1. The number of rotatable bonds is 2. The Morgan fingerprint density at radius 1 is 1.89 bits per heavy atom. The van der Waals surface area contributed by atoms with E-state index in [9.17, 15) is 4.79 Å². The SMILES string of the molecule is O=C(O)[C@@]1([C@H](O)S)NO1. The number of aliphatic carboxylic acids is 1. The summed E-state index contributed by atoms with van der Waals surface area (Å²) in [4.78, 5) is 14.4. The number of aliphatic hydroxyl groups is 1. The van der Waals surface area contributed by atoms with Crippen LogP contribution in [0.4, 0.5) is 0 Å². The number of hydrogen-bond acceptors (Lipinski definition) is 5. The van der Waals surface area contributed by atoms with Gasteiger partial charge in [0.2, 0.25) is 0 Å². The Hall–Kier alpha value is -0.300. The number of carboxylic acid groups (broad SMARTS) is 1. The maximum atomic E-state index is 10.1. The van der Waals surface area contributed by atoms with Crippen LogP contribution < -0.4 is 5.48 Å². The highest BCUT2D eigenvalue weighted by molar-refractivity contribution is 7.80. The van der Waals surface area contributed by atoms with Crippen LogP contribution >= 0.6 is 12.6 Å². The van der Waals surface area contributed by atoms with E-state index in [1.807, 2.05) is 5.48 Å². The molecule has 0 bridgehead atoms. The fourth-order valence-corrected chi connectivity index (χ4v) is 0.574. The normalized spacial score (nSPS) is 35.8. The van der Waals surface area contributed by atoms with E-state index in [-0.39, 0.29) is 0 Å². The Bertz CT molecular complexity index is 143. The second kappa shape index (κ2) is 1.84. The Morgan fingerprint density at radius 2 is 2.33 bits per heavy atom. The number of carbonyl (C=O) groups is 1. The summed E-state index contributed by atoms with van der Waals surface area (Å²) >= 11 is 3.47. The van der Waals surface area contributed by atoms with Gasteiger partial charge in [0.15, 0.2) is 5.44 Å². The summed E-state index contributed by atoms with van der Waals surface area (Å²) in [5.74, 6) is -1.27. The molecule has 52 valence electrons. The van der Waals surface area contributed by atoms with Gasteiger partial charge in [-0.1, -0.05) is 0 Å². The Kier molecular flexibility index (Phi) is 1.39. The maximum absolute atomic E-state index is 10.1. The van der Waals surface area contributed by atoms with Gasteiger partial charge in [0.25, 0.3) is 5.72 Å². The monoisotopic (exact) mass is 151 g/mol. The van der Waals surface area contributed by atoms with Crippen LogP contribution in [0.3, 0.4) is 0 Å². The molecule has 3 N–H and O–H groups in total. The van der Waals surface area contributed by atoms with Crippen molar-refractivity contribution in [2.24, 2.45) is 0 Å². The van der Waals surface area contributed by atoms with E-state index < -0.39 is 17.1 Å². The number of hydrogen-bond donors (Lipinski definition) is 4. The molecule has 2 atom stereocenters. The van der Waals surface area contributed by atoms with Crippen molar-refractivity contribution in [3.8, 4) is 0 Å². The van der Waals surface area contributed by atoms with E-state index in [2.05, 4.69) is 17.5 Å². The molecule has 0 spiro atoms. The van der Waals surface area contributed by atoms with Gasteiger partial charge in [0.05, 0.1) is 0 Å². The molecule has 0 aromatic heterocycles. The minimum Gasteiger partial charge on any atom is -0.478 e. The number of carboxylic acids is 1. The molecule has 6 heteroatoms. The third-order valence-electron chi connectivity index (χ3n) is 1.00. The summed E-state index contributed by atoms with van der Waals surface area (Å²) in [6.07, 6.45) is 0. The van der Waals surface area contributed by atoms with Crippen LogP contribution in [0.1, 0.15) is 0 Å². The summed E-state index contributed by atoms with van der Waals surface area (Å²) in [6, 6.07) is 0. The first kappa shape index (κ1) is 6.81. The van der Waals surface area contributed by atoms with Crippen molar-refractivity contribution >= 4 is 18.6 Å². The predicted molar refractivity (Wildman–Crippen MR) is 29.6 cm³/mol. The highest BCUT2D eigenvalue weighted by Gasteiger charge is 2.58. The molecule has 5 nitrogen and oxygen atoms in total. The molecule has 0 radical (unpaired) electrons. The summed E-state index contributed by atoms with van der Waals surface area (Å²) in [7, 11) is 0. The predicted octanol–water partition coefficient (Wildman–Crippen LogP) is -1.45. The van der Waals surface area contributed by atoms with E-state index >= 15 is 0 Å². The van der Waals surface area contributed by atoms with Crippen LogP contribution in [0.5, 0.6) is 0 Å². The molecule has 1 heterocycles. The fraction of sp³-hybridized carbons (Fsp3) is 0.667. The third kappa shape index (κ3) is 0.897. The Morgan fingerprint density at radius 3 is 2.33 bits per heavy atom. The molecule has 1 rings (SSSR count). The van der Waals surface area contributed by atoms with E-state index in [1.54, 1.807) is 0 Å². The van der Waals surface area contributed by atoms with Crippen molar-refractivity contribution in [2.45, 2.75) is 11.2 Å². The summed E-state index contributed by atoms with van der Waals surface area (Å²) < 4.78 is 0. The van der Waals surface area contributed by atoms with Gasteiger partial charge in [-0.3, -0.25) is 4.84 Å². The lowest BCUT2D eigenvalue weighted by Gasteiger charge is -2.04. The second-order valence-electron chi connectivity index (χ2n) is 1.62. The first-order chi connectivity index (χ1) is 4.09. The molecular formula is C3H5NO4S. The number of hydroxylamine groups is 1. The van der Waals surface area contributed by atoms with Gasteiger partial charge < -0.3 is 10.2 Å². The molecule has 0 aliphatic carbocycles. The van der Waals surface area contributed by atoms with E-state index in [0.29, 0.717) is 0 Å². The van der Waals surface area contributed by atoms with Gasteiger partial charge in [0, 0.05) is 0 Å². The lowest BCUT2D eigenvalue weighted by atomic mass is 10.3. The number of thiol groups is 1. The minimum atomic E-state index is -1.66. The topological polar surface area (TPSA) is 92.0 Å². The fourth-order valence-electron chi connectivity index (χ4n) is 0.358. The molecule has 1 aliphatic rings. The molecule has 0 saturated carbocycles. The summed E-state index contributed by atoms with van der Waals surface area (Å²) in [6.45, 7) is 0. The molecule has 0 aromatic rings. The van der Waals surface area contributed by atoms with Gasteiger partial charge in [0.1, 0.15) is 0 Å². The summed E-state index contributed by atoms with van der Waals surface area (Å²) in [5.41, 5.74) is -0.981. The number of nitrogens with one attached hydrogen (secondary N) is 1. The van der Waals surface area contributed by atoms with Crippen molar-refractivity contribution in [2.75, 3.05) is 0 Å². The van der Waals surface area contributed by atoms with Crippen molar-refractivity contribution in [3.63, 3.8) is 0 Å². The van der Waals surface area contributed by atoms with Gasteiger partial charge in [-0.25, -0.2) is 4.79 Å². The lowest BCUT2D eigenvalue weighted by Crippen LogP contribution is -2.37. The minimum absolute atomic E-state index is 1.27. The third-order valence-corrected chi connectivity index (χ3v) is 1.37. The van der Waals surface area contributed by atoms with Gasteiger partial charge in [-0.05, 0) is 0 Å². The average molecular weight is 151 g/mol. The van der Waals surface area contributed by atoms with E-state index in [1.165, 1.54) is 0 Å². The molecule has 1 aliphatic heterocycles. The van der Waals surface area contributed by atoms with Gasteiger partial charge in [-0.15, -0.1) is 12.6 Å². The van der Waals surface area contributed by atoms with Gasteiger partial charge in [-0.2, -0.15) is 5.48 Å². The van der Waals surface area contributed by atoms with E-state index in [4.69, 9.17) is 10.2 Å². The van der Waals surface area contributed by atoms with Crippen molar-refractivity contribution < 1.29 is 19.8 Å². The van der Waals surface area contributed by atoms with Crippen molar-refractivity contribution in [3.05, 3.63) is 0 Å². The first-order valence-corrected chi connectivity index (χ1v) is 2.66. The van der Waals surface area contributed by atoms with E-state index in [0.717, 1.165) is 0 Å². The Labute approximate surface area is 56.0 Å². The zero-order valence-corrected chi connectivity index (χ0v) is 5.13. The standard InChI is InChI=1S/C3H5NO4S/c5-1(6)3(2(7)9)4-8-3/h2,4,7,9H,(H,5,6)/t2-,3-/m1/s1. The van der Waals surface area contributed by atoms with Crippen LogP contribution in [0, 0.1) is 0 Å². The summed E-state index contributed by atoms with van der Waals surface area (Å²) in [5, 5.41) is 16.9. The van der Waals surface area contributed by atoms with Crippen molar-refractivity contribution in [1.29, 1.82) is 0 Å². The average Bonchev–Trinajstić information content (AvgIpc) is 2.40. The molecule has 0 unspecified atom stereocenters. The van der Waals surface area contributed by atoms with Crippen LogP contribution in [0.2, 0.25) is 0 Å². The smallest absolute Gasteiger partial charge is 0.359 e. The molecule has 0 aromatic carbocycles. The highest BCUT2D eigenvalue weighted by atomic mass is 32.1. The van der Waals surface area contributed by atoms with Crippen LogP contribution in [-0.4, -0.2) is 27.3 Å². The lowest BCUT2D eigenvalue weighted by molar-refractivity contribution is -0.145. The molecular weight excluding hydrogens is 146 g/mol. The highest BCUT2D eigenvalue weighted by Crippen LogP contribution is 2.25. The first-order valence-electron chi connectivity index (χ1n) is 2.14. The zero-order chi connectivity index (χ0) is 7.07.